The van der Waals surface area contributed by atoms with Gasteiger partial charge in [-0.25, -0.2) is 0 Å². The van der Waals surface area contributed by atoms with Crippen LogP contribution in [0.3, 0.4) is 0 Å². The van der Waals surface area contributed by atoms with Crippen LogP contribution in [0.4, 0.5) is 0 Å². The fourth-order valence-electron chi connectivity index (χ4n) is 1.95. The van der Waals surface area contributed by atoms with E-state index in [0.29, 0.717) is 0 Å². The van der Waals surface area contributed by atoms with Gasteiger partial charge in [0, 0.05) is 5.92 Å². The van der Waals surface area contributed by atoms with Gasteiger partial charge < -0.3 is 10.2 Å². The smallest absolute Gasteiger partial charge is 0.337 e. The van der Waals surface area contributed by atoms with Crippen LogP contribution in [0, 0.1) is 23.2 Å². The molecule has 0 unspecified atom stereocenters. The standard InChI is InChI=1S/C10H18N2O5S/c1-6(2)8(13)10(5-11)9(14)7(3)4-17-18(15,16)12-10/h6-9,12-14H,4H2,1-3H3/t7-,8-,9+,10+/m0/s1. The second-order valence-electron chi connectivity index (χ2n) is 4.93. The Kier molecular flexibility index (Phi) is 4.35. The van der Waals surface area contributed by atoms with Crippen LogP contribution in [-0.2, 0) is 14.5 Å². The summed E-state index contributed by atoms with van der Waals surface area (Å²) in [4.78, 5) is 0. The molecule has 0 saturated carbocycles. The van der Waals surface area contributed by atoms with Crippen LogP contribution in [0.5, 0.6) is 0 Å². The quantitative estimate of drug-likeness (QED) is 0.604. The highest BCUT2D eigenvalue weighted by Crippen LogP contribution is 2.29. The maximum atomic E-state index is 11.6. The van der Waals surface area contributed by atoms with Crippen LogP contribution < -0.4 is 4.72 Å². The summed E-state index contributed by atoms with van der Waals surface area (Å²) in [6.45, 7) is 4.56. The molecule has 0 aromatic heterocycles. The van der Waals surface area contributed by atoms with Crippen molar-refractivity contribution in [2.24, 2.45) is 11.8 Å². The molecule has 1 rings (SSSR count). The maximum Gasteiger partial charge on any atom is 0.337 e. The number of rotatable bonds is 2. The number of aliphatic hydroxyl groups excluding tert-OH is 2. The topological polar surface area (TPSA) is 120 Å². The molecule has 0 bridgehead atoms. The molecular weight excluding hydrogens is 260 g/mol. The lowest BCUT2D eigenvalue weighted by Crippen LogP contribution is -2.64. The minimum atomic E-state index is -4.18. The van der Waals surface area contributed by atoms with Gasteiger partial charge in [-0.15, -0.1) is 0 Å². The Morgan fingerprint density at radius 2 is 2.11 bits per heavy atom. The molecule has 4 atom stereocenters. The Bertz CT molecular complexity index is 444. The molecular formula is C10H18N2O5S. The van der Waals surface area contributed by atoms with Crippen molar-refractivity contribution >= 4 is 10.3 Å². The minimum Gasteiger partial charge on any atom is -0.390 e. The summed E-state index contributed by atoms with van der Waals surface area (Å²) >= 11 is 0. The van der Waals surface area contributed by atoms with Gasteiger partial charge in [0.1, 0.15) is 0 Å². The van der Waals surface area contributed by atoms with Gasteiger partial charge in [-0.1, -0.05) is 20.8 Å². The van der Waals surface area contributed by atoms with Crippen molar-refractivity contribution in [2.75, 3.05) is 6.61 Å². The van der Waals surface area contributed by atoms with E-state index in [2.05, 4.69) is 4.18 Å². The highest BCUT2D eigenvalue weighted by Gasteiger charge is 2.53. The van der Waals surface area contributed by atoms with Gasteiger partial charge in [-0.05, 0) is 5.92 Å². The Balaban J connectivity index is 3.32. The van der Waals surface area contributed by atoms with Crippen molar-refractivity contribution < 1.29 is 22.8 Å². The van der Waals surface area contributed by atoms with E-state index in [1.807, 2.05) is 4.72 Å². The zero-order valence-corrected chi connectivity index (χ0v) is 11.3. The summed E-state index contributed by atoms with van der Waals surface area (Å²) in [6, 6.07) is 1.70. The lowest BCUT2D eigenvalue weighted by atomic mass is 9.78. The molecule has 0 aromatic carbocycles. The first-order valence-corrected chi connectivity index (χ1v) is 7.03. The Morgan fingerprint density at radius 3 is 2.56 bits per heavy atom. The van der Waals surface area contributed by atoms with Crippen molar-refractivity contribution in [1.82, 2.24) is 4.72 Å². The number of aliphatic hydroxyl groups is 2. The largest absolute Gasteiger partial charge is 0.390 e. The second-order valence-corrected chi connectivity index (χ2v) is 6.28. The van der Waals surface area contributed by atoms with E-state index in [1.165, 1.54) is 0 Å². The van der Waals surface area contributed by atoms with Crippen LogP contribution in [0.2, 0.25) is 0 Å². The molecule has 0 radical (unpaired) electrons. The third-order valence-electron chi connectivity index (χ3n) is 3.07. The molecule has 18 heavy (non-hydrogen) atoms. The molecule has 0 spiro atoms. The lowest BCUT2D eigenvalue weighted by Gasteiger charge is -2.37. The zero-order valence-electron chi connectivity index (χ0n) is 10.5. The molecule has 7 nitrogen and oxygen atoms in total. The Morgan fingerprint density at radius 1 is 1.56 bits per heavy atom. The first-order valence-electron chi connectivity index (χ1n) is 5.62. The van der Waals surface area contributed by atoms with Crippen molar-refractivity contribution in [3.8, 4) is 6.07 Å². The number of nitriles is 1. The summed E-state index contributed by atoms with van der Waals surface area (Å²) in [6.07, 6.45) is -2.71. The highest BCUT2D eigenvalue weighted by molar-refractivity contribution is 7.84. The number of hydrogen-bond acceptors (Lipinski definition) is 6. The predicted molar refractivity (Wildman–Crippen MR) is 62.4 cm³/mol. The Labute approximate surface area is 107 Å². The number of nitrogens with zero attached hydrogens (tertiary/aromatic N) is 1. The van der Waals surface area contributed by atoms with Crippen LogP contribution in [0.15, 0.2) is 0 Å². The molecule has 1 aliphatic heterocycles. The summed E-state index contributed by atoms with van der Waals surface area (Å²) in [5.41, 5.74) is -2.00. The van der Waals surface area contributed by atoms with Gasteiger partial charge in [0.2, 0.25) is 0 Å². The molecule has 1 saturated heterocycles. The van der Waals surface area contributed by atoms with Crippen molar-refractivity contribution in [3.63, 3.8) is 0 Å². The van der Waals surface area contributed by atoms with Crippen molar-refractivity contribution in [3.05, 3.63) is 0 Å². The fraction of sp³-hybridized carbons (Fsp3) is 0.900. The van der Waals surface area contributed by atoms with E-state index in [9.17, 15) is 23.9 Å². The summed E-state index contributed by atoms with van der Waals surface area (Å²) in [5.74, 6) is -1.02. The van der Waals surface area contributed by atoms with Crippen LogP contribution in [-0.4, -0.2) is 43.0 Å². The van der Waals surface area contributed by atoms with Crippen molar-refractivity contribution in [2.45, 2.75) is 38.5 Å². The first kappa shape index (κ1) is 15.3. The Hall–Kier alpha value is -0.720. The number of hydrogen-bond donors (Lipinski definition) is 3. The monoisotopic (exact) mass is 278 g/mol. The van der Waals surface area contributed by atoms with Gasteiger partial charge in [-0.2, -0.15) is 18.4 Å². The molecule has 0 aromatic rings. The van der Waals surface area contributed by atoms with E-state index in [-0.39, 0.29) is 6.61 Å². The molecule has 8 heteroatoms. The van der Waals surface area contributed by atoms with Gasteiger partial charge in [0.05, 0.1) is 24.9 Å². The van der Waals surface area contributed by atoms with E-state index >= 15 is 0 Å². The molecule has 3 N–H and O–H groups in total. The first-order chi connectivity index (χ1) is 8.16. The van der Waals surface area contributed by atoms with Gasteiger partial charge in [-0.3, -0.25) is 4.18 Å². The highest BCUT2D eigenvalue weighted by atomic mass is 32.2. The molecule has 0 amide bonds. The van der Waals surface area contributed by atoms with Crippen LogP contribution in [0.1, 0.15) is 20.8 Å². The molecule has 1 fully saturated rings. The average molecular weight is 278 g/mol. The van der Waals surface area contributed by atoms with Crippen LogP contribution >= 0.6 is 0 Å². The zero-order chi connectivity index (χ0) is 14.1. The lowest BCUT2D eigenvalue weighted by molar-refractivity contribution is -0.0338. The van der Waals surface area contributed by atoms with Crippen LogP contribution in [0.25, 0.3) is 0 Å². The summed E-state index contributed by atoms with van der Waals surface area (Å²) < 4.78 is 29.7. The number of nitrogens with one attached hydrogen (secondary N) is 1. The third-order valence-corrected chi connectivity index (χ3v) is 4.10. The van der Waals surface area contributed by atoms with E-state index < -0.39 is 39.9 Å². The van der Waals surface area contributed by atoms with E-state index in [1.54, 1.807) is 26.8 Å². The maximum absolute atomic E-state index is 11.6. The van der Waals surface area contributed by atoms with Gasteiger partial charge in [0.15, 0.2) is 5.54 Å². The molecule has 1 aliphatic rings. The molecule has 104 valence electrons. The van der Waals surface area contributed by atoms with Gasteiger partial charge in [0.25, 0.3) is 0 Å². The fourth-order valence-corrected chi connectivity index (χ4v) is 3.10. The van der Waals surface area contributed by atoms with E-state index in [4.69, 9.17) is 0 Å². The molecule has 0 aliphatic carbocycles. The third kappa shape index (κ3) is 2.65. The second kappa shape index (κ2) is 5.11. The predicted octanol–water partition coefficient (Wildman–Crippen LogP) is -0.873. The SMILES string of the molecule is CC(C)[C@H](O)[C@@]1(C#N)NS(=O)(=O)OC[C@H](C)[C@H]1O. The average Bonchev–Trinajstić information content (AvgIpc) is 2.38. The summed E-state index contributed by atoms with van der Waals surface area (Å²) in [5, 5.41) is 29.5. The van der Waals surface area contributed by atoms with Crippen molar-refractivity contribution in [1.29, 1.82) is 5.26 Å². The van der Waals surface area contributed by atoms with E-state index in [0.717, 1.165) is 0 Å². The van der Waals surface area contributed by atoms with Gasteiger partial charge >= 0.3 is 10.3 Å². The summed E-state index contributed by atoms with van der Waals surface area (Å²) in [7, 11) is -4.18. The molecule has 1 heterocycles. The minimum absolute atomic E-state index is 0.245. The normalized spacial score (nSPS) is 37.8.